The van der Waals surface area contributed by atoms with Crippen molar-refractivity contribution in [1.82, 2.24) is 0 Å². The van der Waals surface area contributed by atoms with Crippen molar-refractivity contribution < 1.29 is 24.2 Å². The van der Waals surface area contributed by atoms with Crippen molar-refractivity contribution >= 4 is 11.9 Å². The topological polar surface area (TPSA) is 72.8 Å². The van der Waals surface area contributed by atoms with Crippen molar-refractivity contribution in [3.8, 4) is 0 Å². The van der Waals surface area contributed by atoms with Crippen LogP contribution in [0.2, 0.25) is 0 Å². The molecular formula is C12H12O5. The van der Waals surface area contributed by atoms with Crippen LogP contribution in [0.1, 0.15) is 13.8 Å². The minimum Gasteiger partial charge on any atom is -0.504 e. The Morgan fingerprint density at radius 3 is 2.88 bits per heavy atom. The monoisotopic (exact) mass is 236 g/mol. The second-order valence-corrected chi connectivity index (χ2v) is 3.97. The number of allylic oxidation sites excluding steroid dienone is 1. The minimum absolute atomic E-state index is 0.00852. The molecule has 0 aromatic heterocycles. The highest BCUT2D eigenvalue weighted by Crippen LogP contribution is 2.34. The number of hydrogen-bond donors (Lipinski definition) is 1. The molecule has 0 saturated heterocycles. The molecule has 0 radical (unpaired) electrons. The van der Waals surface area contributed by atoms with Crippen LogP contribution in [0.5, 0.6) is 0 Å². The van der Waals surface area contributed by atoms with Crippen LogP contribution in [0.25, 0.3) is 0 Å². The van der Waals surface area contributed by atoms with Crippen molar-refractivity contribution in [3.63, 3.8) is 0 Å². The van der Waals surface area contributed by atoms with Crippen molar-refractivity contribution in [2.75, 3.05) is 0 Å². The molecule has 0 bridgehead atoms. The molecule has 2 aliphatic rings. The molecule has 0 aromatic rings. The van der Waals surface area contributed by atoms with Gasteiger partial charge in [0, 0.05) is 18.9 Å². The lowest BCUT2D eigenvalue weighted by Crippen LogP contribution is -2.36. The molecule has 90 valence electrons. The van der Waals surface area contributed by atoms with E-state index in [0.717, 1.165) is 5.57 Å². The van der Waals surface area contributed by atoms with Gasteiger partial charge in [0.15, 0.2) is 17.6 Å². The Bertz CT molecular complexity index is 469. The number of aliphatic hydroxyl groups is 1. The Labute approximate surface area is 98.0 Å². The third-order valence-corrected chi connectivity index (χ3v) is 2.67. The number of fused-ring (bicyclic) bond motifs is 1. The highest BCUT2D eigenvalue weighted by atomic mass is 16.6. The van der Waals surface area contributed by atoms with Gasteiger partial charge in [-0.3, -0.25) is 4.79 Å². The van der Waals surface area contributed by atoms with Gasteiger partial charge in [0.05, 0.1) is 0 Å². The summed E-state index contributed by atoms with van der Waals surface area (Å²) in [4.78, 5) is 22.2. The number of hydrogen-bond acceptors (Lipinski definition) is 5. The van der Waals surface area contributed by atoms with E-state index in [1.165, 1.54) is 19.1 Å². The molecule has 2 unspecified atom stereocenters. The molecule has 1 heterocycles. The Kier molecular flexibility index (Phi) is 2.75. The van der Waals surface area contributed by atoms with Crippen LogP contribution >= 0.6 is 0 Å². The summed E-state index contributed by atoms with van der Waals surface area (Å²) < 4.78 is 9.99. The lowest BCUT2D eigenvalue weighted by molar-refractivity contribution is -0.151. The van der Waals surface area contributed by atoms with Crippen LogP contribution in [-0.2, 0) is 19.1 Å². The average Bonchev–Trinajstić information content (AvgIpc) is 2.21. The van der Waals surface area contributed by atoms with E-state index >= 15 is 0 Å². The maximum atomic E-state index is 11.3. The fourth-order valence-corrected chi connectivity index (χ4v) is 1.91. The number of esters is 2. The first-order valence-corrected chi connectivity index (χ1v) is 5.17. The van der Waals surface area contributed by atoms with E-state index in [-0.39, 0.29) is 17.4 Å². The fraction of sp³-hybridized carbons (Fsp3) is 0.333. The van der Waals surface area contributed by atoms with E-state index in [2.05, 4.69) is 0 Å². The first-order chi connectivity index (χ1) is 7.99. The van der Waals surface area contributed by atoms with Gasteiger partial charge < -0.3 is 14.6 Å². The predicted octanol–water partition coefficient (Wildman–Crippen LogP) is 1.38. The van der Waals surface area contributed by atoms with Crippen LogP contribution in [0.3, 0.4) is 0 Å². The summed E-state index contributed by atoms with van der Waals surface area (Å²) in [5.74, 6) is -1.46. The third-order valence-electron chi connectivity index (χ3n) is 2.67. The highest BCUT2D eigenvalue weighted by Gasteiger charge is 2.38. The summed E-state index contributed by atoms with van der Waals surface area (Å²) in [6, 6.07) is 0. The first-order valence-electron chi connectivity index (χ1n) is 5.17. The maximum absolute atomic E-state index is 11.3. The summed E-state index contributed by atoms with van der Waals surface area (Å²) in [7, 11) is 0. The van der Waals surface area contributed by atoms with E-state index in [4.69, 9.17) is 9.47 Å². The zero-order valence-electron chi connectivity index (χ0n) is 9.47. The molecule has 5 nitrogen and oxygen atoms in total. The van der Waals surface area contributed by atoms with Crippen LogP contribution in [0.4, 0.5) is 0 Å². The molecule has 0 fully saturated rings. The van der Waals surface area contributed by atoms with Gasteiger partial charge in [-0.15, -0.1) is 0 Å². The number of aliphatic hydroxyl groups excluding tert-OH is 1. The van der Waals surface area contributed by atoms with Gasteiger partial charge in [-0.25, -0.2) is 4.79 Å². The molecule has 2 rings (SSSR count). The van der Waals surface area contributed by atoms with Gasteiger partial charge in [-0.1, -0.05) is 11.6 Å². The zero-order chi connectivity index (χ0) is 12.6. The van der Waals surface area contributed by atoms with Crippen molar-refractivity contribution in [1.29, 1.82) is 0 Å². The fourth-order valence-electron chi connectivity index (χ4n) is 1.91. The van der Waals surface area contributed by atoms with Crippen molar-refractivity contribution in [2.24, 2.45) is 5.92 Å². The quantitative estimate of drug-likeness (QED) is 0.696. The second-order valence-electron chi connectivity index (χ2n) is 3.97. The molecule has 1 N–H and O–H groups in total. The Morgan fingerprint density at radius 2 is 2.24 bits per heavy atom. The van der Waals surface area contributed by atoms with Gasteiger partial charge in [-0.2, -0.15) is 0 Å². The van der Waals surface area contributed by atoms with Crippen LogP contribution in [0, 0.1) is 5.92 Å². The summed E-state index contributed by atoms with van der Waals surface area (Å²) in [6.07, 6.45) is 3.78. The van der Waals surface area contributed by atoms with E-state index in [9.17, 15) is 14.7 Å². The normalized spacial score (nSPS) is 27.2. The number of carbonyl (C=O) groups excluding carboxylic acids is 2. The smallest absolute Gasteiger partial charge is 0.331 e. The zero-order valence-corrected chi connectivity index (χ0v) is 9.47. The molecule has 2 atom stereocenters. The SMILES string of the molecule is CC(=O)OC1=C(O)C=CC2C(C)=CC(=O)OC12. The first kappa shape index (κ1) is 11.4. The molecular weight excluding hydrogens is 224 g/mol. The van der Waals surface area contributed by atoms with Crippen LogP contribution in [0.15, 0.2) is 35.3 Å². The lowest BCUT2D eigenvalue weighted by atomic mass is 9.87. The summed E-state index contributed by atoms with van der Waals surface area (Å²) >= 11 is 0. The largest absolute Gasteiger partial charge is 0.504 e. The molecule has 0 saturated carbocycles. The number of ether oxygens (including phenoxy) is 2. The predicted molar refractivity (Wildman–Crippen MR) is 57.7 cm³/mol. The Hall–Kier alpha value is -2.04. The second kappa shape index (κ2) is 4.08. The van der Waals surface area contributed by atoms with E-state index < -0.39 is 18.0 Å². The van der Waals surface area contributed by atoms with Gasteiger partial charge >= 0.3 is 11.9 Å². The molecule has 1 aliphatic heterocycles. The van der Waals surface area contributed by atoms with Crippen LogP contribution in [-0.4, -0.2) is 23.1 Å². The van der Waals surface area contributed by atoms with E-state index in [0.29, 0.717) is 0 Å². The summed E-state index contributed by atoms with van der Waals surface area (Å²) in [5, 5.41) is 9.63. The van der Waals surface area contributed by atoms with Crippen molar-refractivity contribution in [2.45, 2.75) is 20.0 Å². The van der Waals surface area contributed by atoms with Gasteiger partial charge in [-0.05, 0) is 13.0 Å². The highest BCUT2D eigenvalue weighted by molar-refractivity contribution is 5.84. The Balaban J connectivity index is 2.38. The molecule has 0 spiro atoms. The van der Waals surface area contributed by atoms with Gasteiger partial charge in [0.1, 0.15) is 0 Å². The average molecular weight is 236 g/mol. The minimum atomic E-state index is -0.763. The molecule has 0 amide bonds. The maximum Gasteiger partial charge on any atom is 0.331 e. The van der Waals surface area contributed by atoms with Gasteiger partial charge in [0.25, 0.3) is 0 Å². The summed E-state index contributed by atoms with van der Waals surface area (Å²) in [6.45, 7) is 3.01. The van der Waals surface area contributed by atoms with Crippen LogP contribution < -0.4 is 0 Å². The molecule has 17 heavy (non-hydrogen) atoms. The molecule has 0 aromatic carbocycles. The molecule has 5 heteroatoms. The van der Waals surface area contributed by atoms with Crippen molar-refractivity contribution in [3.05, 3.63) is 35.3 Å². The van der Waals surface area contributed by atoms with Gasteiger partial charge in [0.2, 0.25) is 0 Å². The summed E-state index contributed by atoms with van der Waals surface area (Å²) in [5.41, 5.74) is 0.805. The molecule has 1 aliphatic carbocycles. The third kappa shape index (κ3) is 2.08. The van der Waals surface area contributed by atoms with E-state index in [1.54, 1.807) is 13.0 Å². The Morgan fingerprint density at radius 1 is 1.53 bits per heavy atom. The van der Waals surface area contributed by atoms with E-state index in [1.807, 2.05) is 0 Å². The lowest BCUT2D eigenvalue weighted by Gasteiger charge is -2.32. The number of carbonyl (C=O) groups is 2. The number of rotatable bonds is 1. The standard InChI is InChI=1S/C12H12O5/c1-6-5-10(15)17-11-8(6)3-4-9(14)12(11)16-7(2)13/h3-5,8,11,14H,1-2H3.